The molecule has 0 aliphatic carbocycles. The maximum Gasteiger partial charge on any atom is 0.449 e. The minimum atomic E-state index is -4.58. The van der Waals surface area contributed by atoms with Crippen molar-refractivity contribution in [3.8, 4) is 11.3 Å². The van der Waals surface area contributed by atoms with E-state index in [1.165, 1.54) is 0 Å². The molecule has 0 aliphatic rings. The van der Waals surface area contributed by atoms with Gasteiger partial charge in [0.05, 0.1) is 6.10 Å². The molecule has 0 spiro atoms. The van der Waals surface area contributed by atoms with Crippen molar-refractivity contribution in [2.75, 3.05) is 0 Å². The van der Waals surface area contributed by atoms with Crippen LogP contribution in [0, 0.1) is 0 Å². The summed E-state index contributed by atoms with van der Waals surface area (Å²) in [5.74, 6) is -1.01. The van der Waals surface area contributed by atoms with E-state index in [2.05, 4.69) is 20.9 Å². The molecule has 2 aromatic rings. The molecule has 1 aromatic heterocycles. The van der Waals surface area contributed by atoms with Crippen molar-refractivity contribution in [1.82, 2.24) is 9.55 Å². The van der Waals surface area contributed by atoms with Gasteiger partial charge in [-0.3, -0.25) is 4.57 Å². The van der Waals surface area contributed by atoms with Crippen LogP contribution in [0.4, 0.5) is 13.2 Å². The van der Waals surface area contributed by atoms with Crippen molar-refractivity contribution >= 4 is 27.5 Å². The van der Waals surface area contributed by atoms with Gasteiger partial charge in [0.15, 0.2) is 0 Å². The highest BCUT2D eigenvalue weighted by molar-refractivity contribution is 9.10. The molecule has 1 heterocycles. The van der Waals surface area contributed by atoms with Crippen LogP contribution in [-0.2, 0) is 17.6 Å². The lowest BCUT2D eigenvalue weighted by atomic mass is 10.2. The van der Waals surface area contributed by atoms with Gasteiger partial charge < -0.3 is 4.74 Å². The van der Waals surface area contributed by atoms with Crippen LogP contribution in [0.3, 0.4) is 0 Å². The summed E-state index contributed by atoms with van der Waals surface area (Å²) in [6.45, 7) is 3.25. The second-order valence-corrected chi connectivity index (χ2v) is 6.04. The van der Waals surface area contributed by atoms with E-state index in [9.17, 15) is 13.2 Å². The number of hydrogen-bond donors (Lipinski definition) is 0. The van der Waals surface area contributed by atoms with E-state index in [4.69, 9.17) is 16.3 Å². The predicted molar refractivity (Wildman–Crippen MR) is 81.6 cm³/mol. The van der Waals surface area contributed by atoms with Crippen molar-refractivity contribution in [1.29, 1.82) is 0 Å². The van der Waals surface area contributed by atoms with Crippen LogP contribution in [0.15, 0.2) is 28.9 Å². The molecule has 0 amide bonds. The molecule has 0 atom stereocenters. The summed E-state index contributed by atoms with van der Waals surface area (Å²) in [5.41, 5.74) is 0.724. The Labute approximate surface area is 139 Å². The lowest BCUT2D eigenvalue weighted by molar-refractivity contribution is -0.150. The van der Waals surface area contributed by atoms with Gasteiger partial charge in [-0.1, -0.05) is 23.7 Å². The minimum Gasteiger partial charge on any atom is -0.358 e. The standard InChI is InChI=1S/C14H13BrClF3N2O/c1-8(2)22-7-21-12(15)11(20-13(21)14(17,18)19)9-3-5-10(16)6-4-9/h3-6,8H,7H2,1-2H3. The first kappa shape index (κ1) is 17.3. The zero-order valence-electron chi connectivity index (χ0n) is 11.8. The zero-order valence-corrected chi connectivity index (χ0v) is 14.1. The van der Waals surface area contributed by atoms with Crippen molar-refractivity contribution in [3.05, 3.63) is 39.7 Å². The number of aromatic nitrogens is 2. The van der Waals surface area contributed by atoms with Crippen molar-refractivity contribution in [3.63, 3.8) is 0 Å². The molecule has 2 rings (SSSR count). The molecule has 1 aromatic carbocycles. The molecule has 0 bridgehead atoms. The van der Waals surface area contributed by atoms with Crippen LogP contribution in [0.2, 0.25) is 5.02 Å². The summed E-state index contributed by atoms with van der Waals surface area (Å²) < 4.78 is 46.0. The Kier molecular flexibility index (Phi) is 5.19. The number of rotatable bonds is 4. The fraction of sp³-hybridized carbons (Fsp3) is 0.357. The van der Waals surface area contributed by atoms with Crippen LogP contribution in [-0.4, -0.2) is 15.7 Å². The molecular formula is C14H13BrClF3N2O. The van der Waals surface area contributed by atoms with Crippen molar-refractivity contribution < 1.29 is 17.9 Å². The highest BCUT2D eigenvalue weighted by atomic mass is 79.9. The Morgan fingerprint density at radius 3 is 2.36 bits per heavy atom. The van der Waals surface area contributed by atoms with Gasteiger partial charge in [-0.05, 0) is 41.9 Å². The third-order valence-electron chi connectivity index (χ3n) is 2.81. The summed E-state index contributed by atoms with van der Waals surface area (Å²) in [6.07, 6.45) is -4.78. The first-order chi connectivity index (χ1) is 10.2. The average Bonchev–Trinajstić information content (AvgIpc) is 2.74. The number of nitrogens with zero attached hydrogens (tertiary/aromatic N) is 2. The van der Waals surface area contributed by atoms with Gasteiger partial charge in [0, 0.05) is 10.6 Å². The Morgan fingerprint density at radius 1 is 1.27 bits per heavy atom. The number of hydrogen-bond acceptors (Lipinski definition) is 2. The topological polar surface area (TPSA) is 27.1 Å². The van der Waals surface area contributed by atoms with E-state index in [1.54, 1.807) is 38.1 Å². The first-order valence-corrected chi connectivity index (χ1v) is 7.58. The van der Waals surface area contributed by atoms with E-state index >= 15 is 0 Å². The molecule has 0 fully saturated rings. The average molecular weight is 398 g/mol. The van der Waals surface area contributed by atoms with Gasteiger partial charge >= 0.3 is 6.18 Å². The summed E-state index contributed by atoms with van der Waals surface area (Å²) in [7, 11) is 0. The zero-order chi connectivity index (χ0) is 16.5. The number of imidazole rings is 1. The largest absolute Gasteiger partial charge is 0.449 e. The third-order valence-corrected chi connectivity index (χ3v) is 3.87. The molecular weight excluding hydrogens is 385 g/mol. The minimum absolute atomic E-state index is 0.191. The Hall–Kier alpha value is -1.05. The maximum absolute atomic E-state index is 13.2. The van der Waals surface area contributed by atoms with Crippen LogP contribution in [0.5, 0.6) is 0 Å². The highest BCUT2D eigenvalue weighted by Gasteiger charge is 2.39. The molecule has 8 heteroatoms. The first-order valence-electron chi connectivity index (χ1n) is 6.41. The quantitative estimate of drug-likeness (QED) is 0.694. The molecule has 22 heavy (non-hydrogen) atoms. The summed E-state index contributed by atoms with van der Waals surface area (Å²) in [4.78, 5) is 3.73. The smallest absolute Gasteiger partial charge is 0.358 e. The van der Waals surface area contributed by atoms with Crippen molar-refractivity contribution in [2.45, 2.75) is 32.9 Å². The lowest BCUT2D eigenvalue weighted by Crippen LogP contribution is -2.18. The van der Waals surface area contributed by atoms with E-state index < -0.39 is 12.0 Å². The van der Waals surface area contributed by atoms with E-state index in [-0.39, 0.29) is 23.1 Å². The fourth-order valence-corrected chi connectivity index (χ4v) is 2.50. The molecule has 3 nitrogen and oxygen atoms in total. The molecule has 120 valence electrons. The monoisotopic (exact) mass is 396 g/mol. The molecule has 0 saturated heterocycles. The number of alkyl halides is 3. The predicted octanol–water partition coefficient (Wildman–Crippen LogP) is 5.37. The van der Waals surface area contributed by atoms with Gasteiger partial charge in [0.25, 0.3) is 0 Å². The lowest BCUT2D eigenvalue weighted by Gasteiger charge is -2.13. The van der Waals surface area contributed by atoms with Crippen LogP contribution < -0.4 is 0 Å². The molecule has 0 N–H and O–H groups in total. The fourth-order valence-electron chi connectivity index (χ4n) is 1.78. The second kappa shape index (κ2) is 6.60. The number of benzene rings is 1. The SMILES string of the molecule is CC(C)OCn1c(C(F)(F)F)nc(-c2ccc(Cl)cc2)c1Br. The van der Waals surface area contributed by atoms with Gasteiger partial charge in [-0.2, -0.15) is 13.2 Å². The Balaban J connectivity index is 2.50. The van der Waals surface area contributed by atoms with Gasteiger partial charge in [-0.25, -0.2) is 4.98 Å². The van der Waals surface area contributed by atoms with Gasteiger partial charge in [-0.15, -0.1) is 0 Å². The summed E-state index contributed by atoms with van der Waals surface area (Å²) in [6, 6.07) is 6.42. The van der Waals surface area contributed by atoms with Crippen LogP contribution in [0.25, 0.3) is 11.3 Å². The van der Waals surface area contributed by atoms with E-state index in [0.29, 0.717) is 10.6 Å². The Morgan fingerprint density at radius 2 is 1.86 bits per heavy atom. The molecule has 0 saturated carbocycles. The van der Waals surface area contributed by atoms with E-state index in [0.717, 1.165) is 4.57 Å². The number of ether oxygens (including phenoxy) is 1. The third kappa shape index (κ3) is 3.83. The molecule has 0 unspecified atom stereocenters. The molecule has 0 radical (unpaired) electrons. The van der Waals surface area contributed by atoms with E-state index in [1.807, 2.05) is 0 Å². The Bertz CT molecular complexity index is 653. The van der Waals surface area contributed by atoms with Gasteiger partial charge in [0.2, 0.25) is 5.82 Å². The number of halogens is 5. The van der Waals surface area contributed by atoms with Crippen LogP contribution in [0.1, 0.15) is 19.7 Å². The van der Waals surface area contributed by atoms with Gasteiger partial charge in [0.1, 0.15) is 17.0 Å². The highest BCUT2D eigenvalue weighted by Crippen LogP contribution is 2.36. The summed E-state index contributed by atoms with van der Waals surface area (Å²) in [5, 5.41) is 0.499. The summed E-state index contributed by atoms with van der Waals surface area (Å²) >= 11 is 8.98. The second-order valence-electron chi connectivity index (χ2n) is 4.85. The van der Waals surface area contributed by atoms with Crippen LogP contribution >= 0.6 is 27.5 Å². The maximum atomic E-state index is 13.2. The van der Waals surface area contributed by atoms with Crippen molar-refractivity contribution in [2.24, 2.45) is 0 Å². The molecule has 0 aliphatic heterocycles. The normalized spacial score (nSPS) is 12.2.